The summed E-state index contributed by atoms with van der Waals surface area (Å²) in [6.07, 6.45) is -3.08. The van der Waals surface area contributed by atoms with Gasteiger partial charge in [0.1, 0.15) is 11.9 Å². The van der Waals surface area contributed by atoms with Crippen molar-refractivity contribution in [3.05, 3.63) is 24.0 Å². The number of ether oxygens (including phenoxy) is 1. The molecule has 104 valence electrons. The molecule has 5 nitrogen and oxygen atoms in total. The van der Waals surface area contributed by atoms with E-state index in [0.29, 0.717) is 12.8 Å². The minimum atomic E-state index is -4.46. The molecule has 19 heavy (non-hydrogen) atoms. The number of pyridine rings is 1. The Morgan fingerprint density at radius 3 is 2.68 bits per heavy atom. The van der Waals surface area contributed by atoms with E-state index in [-0.39, 0.29) is 17.9 Å². The number of rotatable bonds is 3. The second-order valence-corrected chi connectivity index (χ2v) is 4.26. The Morgan fingerprint density at radius 2 is 2.11 bits per heavy atom. The van der Waals surface area contributed by atoms with E-state index in [1.807, 2.05) is 0 Å². The van der Waals surface area contributed by atoms with Gasteiger partial charge < -0.3 is 15.2 Å². The summed E-state index contributed by atoms with van der Waals surface area (Å²) in [4.78, 5) is 13.8. The van der Waals surface area contributed by atoms with Crippen molar-refractivity contribution < 1.29 is 27.8 Å². The maximum absolute atomic E-state index is 12.4. The van der Waals surface area contributed by atoms with Crippen LogP contribution in [0.1, 0.15) is 18.4 Å². The molecule has 1 saturated carbocycles. The molecule has 0 radical (unpaired) electrons. The third-order valence-corrected chi connectivity index (χ3v) is 2.77. The highest BCUT2D eigenvalue weighted by Gasteiger charge is 2.34. The van der Waals surface area contributed by atoms with Gasteiger partial charge in [-0.2, -0.15) is 13.2 Å². The minimum absolute atomic E-state index is 0.0357. The summed E-state index contributed by atoms with van der Waals surface area (Å²) in [5.41, 5.74) is -0.871. The first-order valence-electron chi connectivity index (χ1n) is 5.53. The number of aromatic nitrogens is 1. The van der Waals surface area contributed by atoms with Crippen LogP contribution in [0.25, 0.3) is 0 Å². The van der Waals surface area contributed by atoms with Crippen molar-refractivity contribution in [1.29, 1.82) is 0 Å². The first-order valence-corrected chi connectivity index (χ1v) is 5.53. The number of alkyl halides is 3. The largest absolute Gasteiger partial charge is 0.489 e. The topological polar surface area (TPSA) is 71.5 Å². The van der Waals surface area contributed by atoms with E-state index in [2.05, 4.69) is 10.3 Å². The molecule has 2 N–H and O–H groups in total. The predicted octanol–water partition coefficient (Wildman–Crippen LogP) is 2.28. The third-order valence-electron chi connectivity index (χ3n) is 2.77. The van der Waals surface area contributed by atoms with Gasteiger partial charge in [-0.15, -0.1) is 0 Å². The number of nitrogens with one attached hydrogen (secondary N) is 1. The van der Waals surface area contributed by atoms with Gasteiger partial charge in [0.05, 0.1) is 11.8 Å². The van der Waals surface area contributed by atoms with Gasteiger partial charge in [-0.05, 0) is 6.07 Å². The van der Waals surface area contributed by atoms with Crippen molar-refractivity contribution in [2.24, 2.45) is 0 Å². The van der Waals surface area contributed by atoms with E-state index >= 15 is 0 Å². The molecule has 8 heteroatoms. The average molecular weight is 276 g/mol. The van der Waals surface area contributed by atoms with E-state index in [0.717, 1.165) is 12.3 Å². The van der Waals surface area contributed by atoms with Crippen LogP contribution >= 0.6 is 0 Å². The molecule has 1 heterocycles. The number of halogens is 3. The van der Waals surface area contributed by atoms with Crippen LogP contribution in [-0.4, -0.2) is 28.3 Å². The van der Waals surface area contributed by atoms with E-state index in [1.165, 1.54) is 6.20 Å². The number of carboxylic acid groups (broad SMARTS) is 1. The lowest BCUT2D eigenvalue weighted by Crippen LogP contribution is -2.48. The van der Waals surface area contributed by atoms with Gasteiger partial charge in [0.2, 0.25) is 0 Å². The van der Waals surface area contributed by atoms with Gasteiger partial charge in [-0.3, -0.25) is 4.98 Å². The summed E-state index contributed by atoms with van der Waals surface area (Å²) in [7, 11) is 0. The molecular weight excluding hydrogens is 265 g/mol. The molecule has 1 aromatic heterocycles. The molecule has 0 unspecified atom stereocenters. The molecule has 2 rings (SSSR count). The fourth-order valence-electron chi connectivity index (χ4n) is 1.79. The highest BCUT2D eigenvalue weighted by atomic mass is 19.4. The van der Waals surface area contributed by atoms with Crippen LogP contribution < -0.4 is 10.1 Å². The van der Waals surface area contributed by atoms with Crippen LogP contribution in [0.2, 0.25) is 0 Å². The Bertz CT molecular complexity index is 472. The molecule has 1 aliphatic rings. The fourth-order valence-corrected chi connectivity index (χ4v) is 1.79. The summed E-state index contributed by atoms with van der Waals surface area (Å²) in [6.45, 7) is 0. The summed E-state index contributed by atoms with van der Waals surface area (Å²) in [6, 6.07) is 0.673. The van der Waals surface area contributed by atoms with Crippen LogP contribution in [0.3, 0.4) is 0 Å². The zero-order chi connectivity index (χ0) is 14.0. The smallest absolute Gasteiger partial charge is 0.418 e. The van der Waals surface area contributed by atoms with Crippen LogP contribution in [0.15, 0.2) is 18.5 Å². The Morgan fingerprint density at radius 1 is 1.42 bits per heavy atom. The molecule has 1 aromatic rings. The molecule has 1 amide bonds. The van der Waals surface area contributed by atoms with E-state index in [9.17, 15) is 18.0 Å². The maximum Gasteiger partial charge on any atom is 0.418 e. The summed E-state index contributed by atoms with van der Waals surface area (Å²) >= 11 is 0. The van der Waals surface area contributed by atoms with Gasteiger partial charge >= 0.3 is 12.3 Å². The highest BCUT2D eigenvalue weighted by molar-refractivity contribution is 5.65. The van der Waals surface area contributed by atoms with E-state index in [4.69, 9.17) is 9.84 Å². The molecule has 0 aromatic carbocycles. The number of hydrogen-bond donors (Lipinski definition) is 2. The predicted molar refractivity (Wildman–Crippen MR) is 57.8 cm³/mol. The summed E-state index contributed by atoms with van der Waals surface area (Å²) < 4.78 is 42.6. The first kappa shape index (κ1) is 13.4. The molecule has 0 aliphatic heterocycles. The maximum atomic E-state index is 12.4. The Kier molecular flexibility index (Phi) is 3.50. The van der Waals surface area contributed by atoms with Gasteiger partial charge in [-0.25, -0.2) is 4.79 Å². The van der Waals surface area contributed by atoms with Gasteiger partial charge in [0.25, 0.3) is 0 Å². The molecular formula is C11H11F3N2O3. The Labute approximate surface area is 106 Å². The highest BCUT2D eigenvalue weighted by Crippen LogP contribution is 2.32. The Balaban J connectivity index is 1.90. The first-order chi connectivity index (χ1) is 8.84. The number of carbonyl (C=O) groups is 1. The Hall–Kier alpha value is -1.99. The molecule has 0 atom stereocenters. The second-order valence-electron chi connectivity index (χ2n) is 4.26. The lowest BCUT2D eigenvalue weighted by molar-refractivity contribution is -0.138. The lowest BCUT2D eigenvalue weighted by Gasteiger charge is -2.34. The molecule has 0 saturated heterocycles. The number of hydrogen-bond acceptors (Lipinski definition) is 3. The van der Waals surface area contributed by atoms with Crippen molar-refractivity contribution in [2.45, 2.75) is 31.2 Å². The van der Waals surface area contributed by atoms with Crippen LogP contribution in [-0.2, 0) is 6.18 Å². The summed E-state index contributed by atoms with van der Waals surface area (Å²) in [5, 5.41) is 10.7. The van der Waals surface area contributed by atoms with Crippen LogP contribution in [0.5, 0.6) is 5.75 Å². The van der Waals surface area contributed by atoms with Crippen molar-refractivity contribution in [3.8, 4) is 5.75 Å². The third kappa shape index (κ3) is 3.49. The van der Waals surface area contributed by atoms with Gasteiger partial charge in [-0.1, -0.05) is 0 Å². The normalized spacial score (nSPS) is 22.5. The summed E-state index contributed by atoms with van der Waals surface area (Å²) in [5.74, 6) is 0.0357. The van der Waals surface area contributed by atoms with Crippen LogP contribution in [0.4, 0.5) is 18.0 Å². The SMILES string of the molecule is O=C(O)N[C@H]1C[C@H](Oc2cncc(C(F)(F)F)c2)C1. The molecule has 1 fully saturated rings. The fraction of sp³-hybridized carbons (Fsp3) is 0.455. The second kappa shape index (κ2) is 4.94. The quantitative estimate of drug-likeness (QED) is 0.888. The van der Waals surface area contributed by atoms with Crippen molar-refractivity contribution in [3.63, 3.8) is 0 Å². The van der Waals surface area contributed by atoms with Crippen LogP contribution in [0, 0.1) is 0 Å². The van der Waals surface area contributed by atoms with E-state index < -0.39 is 17.8 Å². The number of nitrogens with zero attached hydrogens (tertiary/aromatic N) is 1. The van der Waals surface area contributed by atoms with Crippen molar-refractivity contribution in [2.75, 3.05) is 0 Å². The van der Waals surface area contributed by atoms with Crippen molar-refractivity contribution >= 4 is 6.09 Å². The standard InChI is InChI=1S/C11H11F3N2O3/c12-11(13,14)6-1-9(5-15-4-6)19-8-2-7(3-8)16-10(17)18/h1,4-5,7-8,16H,2-3H2,(H,17,18)/t7-,8-. The minimum Gasteiger partial charge on any atom is -0.489 e. The molecule has 0 spiro atoms. The van der Waals surface area contributed by atoms with Gasteiger partial charge in [0, 0.05) is 25.1 Å². The number of amides is 1. The van der Waals surface area contributed by atoms with Gasteiger partial charge in [0.15, 0.2) is 0 Å². The average Bonchev–Trinajstić information content (AvgIpc) is 2.25. The molecule has 1 aliphatic carbocycles. The zero-order valence-corrected chi connectivity index (χ0v) is 9.65. The van der Waals surface area contributed by atoms with E-state index in [1.54, 1.807) is 0 Å². The zero-order valence-electron chi connectivity index (χ0n) is 9.65. The lowest BCUT2D eigenvalue weighted by atomic mass is 9.89. The van der Waals surface area contributed by atoms with Crippen molar-refractivity contribution in [1.82, 2.24) is 10.3 Å². The molecule has 0 bridgehead atoms. The monoisotopic (exact) mass is 276 g/mol.